The zero-order valence-corrected chi connectivity index (χ0v) is 18.9. The van der Waals surface area contributed by atoms with E-state index in [1.54, 1.807) is 0 Å². The SMILES string of the molecule is CC(C)(C)[NH-].C[SiH]C.[CH3-].[CH3-].[CH3-].[CH3-].[Cl][Ti][Cl].c1cc[cH-]c1. The Morgan fingerprint density at radius 3 is 1.15 bits per heavy atom. The van der Waals surface area contributed by atoms with Crippen LogP contribution >= 0.6 is 18.6 Å². The minimum atomic E-state index is -0.556. The molecule has 0 aliphatic heterocycles. The zero-order valence-electron chi connectivity index (χ0n) is 14.7. The number of rotatable bonds is 0. The van der Waals surface area contributed by atoms with Gasteiger partial charge in [-0.2, -0.15) is 18.2 Å². The maximum absolute atomic E-state index is 6.94. The summed E-state index contributed by atoms with van der Waals surface area (Å²) in [5.74, 6) is 0. The molecule has 0 aromatic heterocycles. The molecule has 0 heterocycles. The van der Waals surface area contributed by atoms with Crippen molar-refractivity contribution < 1.29 is 17.0 Å². The van der Waals surface area contributed by atoms with Crippen LogP contribution in [0, 0.1) is 29.7 Å². The molecule has 0 atom stereocenters. The van der Waals surface area contributed by atoms with E-state index in [1.165, 1.54) is 0 Å². The molecule has 1 aromatic rings. The molecule has 0 saturated heterocycles. The van der Waals surface area contributed by atoms with Gasteiger partial charge in [-0.25, -0.2) is 12.1 Å². The van der Waals surface area contributed by atoms with Gasteiger partial charge in [0.2, 0.25) is 0 Å². The van der Waals surface area contributed by atoms with Crippen molar-refractivity contribution in [1.29, 1.82) is 0 Å². The van der Waals surface area contributed by atoms with E-state index in [0.717, 1.165) is 9.52 Å². The van der Waals surface area contributed by atoms with E-state index in [9.17, 15) is 0 Å². The molecule has 20 heavy (non-hydrogen) atoms. The Hall–Kier alpha value is 0.821. The van der Waals surface area contributed by atoms with Crippen LogP contribution in [-0.2, 0) is 17.0 Å². The largest absolute Gasteiger partial charge is 0.214 e. The molecule has 1 rings (SSSR count). The zero-order chi connectivity index (χ0) is 13.4. The average molecular weight is 375 g/mol. The van der Waals surface area contributed by atoms with Gasteiger partial charge in [0, 0.05) is 9.52 Å². The van der Waals surface area contributed by atoms with Crippen LogP contribution < -0.4 is 0 Å². The van der Waals surface area contributed by atoms with Gasteiger partial charge in [0.05, 0.1) is 0 Å². The van der Waals surface area contributed by atoms with Crippen LogP contribution in [0.1, 0.15) is 20.8 Å². The summed E-state index contributed by atoms with van der Waals surface area (Å²) in [5.41, 5.74) is 6.69. The van der Waals surface area contributed by atoms with Gasteiger partial charge in [0.1, 0.15) is 0 Å². The second-order valence-electron chi connectivity index (χ2n) is 3.86. The average Bonchev–Trinajstić information content (AvgIpc) is 2.58. The Bertz CT molecular complexity index is 153. The van der Waals surface area contributed by atoms with Crippen molar-refractivity contribution in [3.8, 4) is 0 Å². The van der Waals surface area contributed by atoms with Gasteiger partial charge in [0.15, 0.2) is 0 Å². The van der Waals surface area contributed by atoms with E-state index >= 15 is 0 Å². The van der Waals surface area contributed by atoms with Gasteiger partial charge in [-0.15, -0.1) is 5.54 Å². The summed E-state index contributed by atoms with van der Waals surface area (Å²) in [4.78, 5) is 0. The molecule has 1 radical (unpaired) electrons. The quantitative estimate of drug-likeness (QED) is 0.346. The number of hydrogen-bond donors (Lipinski definition) is 0. The van der Waals surface area contributed by atoms with Gasteiger partial charge in [0.25, 0.3) is 0 Å². The first kappa shape index (κ1) is 42.8. The molecular weight excluding hydrogens is 341 g/mol. The van der Waals surface area contributed by atoms with Gasteiger partial charge >= 0.3 is 35.6 Å². The van der Waals surface area contributed by atoms with Crippen molar-refractivity contribution in [2.45, 2.75) is 39.4 Å². The third kappa shape index (κ3) is 176. The second-order valence-corrected chi connectivity index (χ2v) is 7.59. The summed E-state index contributed by atoms with van der Waals surface area (Å²) in [6, 6.07) is 10.0. The van der Waals surface area contributed by atoms with E-state index in [4.69, 9.17) is 24.3 Å². The van der Waals surface area contributed by atoms with Gasteiger partial charge in [-0.1, -0.05) is 33.9 Å². The van der Waals surface area contributed by atoms with Gasteiger partial charge in [-0.3, -0.25) is 0 Å². The van der Waals surface area contributed by atoms with Crippen LogP contribution in [0.3, 0.4) is 0 Å². The molecule has 1 aromatic carbocycles. The summed E-state index contributed by atoms with van der Waals surface area (Å²) in [6.45, 7) is 9.98. The van der Waals surface area contributed by atoms with Gasteiger partial charge < -0.3 is 35.4 Å². The molecule has 0 unspecified atom stereocenters. The monoisotopic (exact) mass is 374 g/mol. The Morgan fingerprint density at radius 1 is 0.950 bits per heavy atom. The fourth-order valence-electron chi connectivity index (χ4n) is 0.321. The fraction of sp³-hybridized carbons (Fsp3) is 0.400. The van der Waals surface area contributed by atoms with Gasteiger partial charge in [-0.05, 0) is 0 Å². The van der Waals surface area contributed by atoms with E-state index in [-0.39, 0.29) is 35.2 Å². The summed E-state index contributed by atoms with van der Waals surface area (Å²) >= 11 is -0.556. The second kappa shape index (κ2) is 36.8. The molecule has 5 heteroatoms. The molecule has 0 fully saturated rings. The van der Waals surface area contributed by atoms with Crippen molar-refractivity contribution in [3.05, 3.63) is 65.8 Å². The van der Waals surface area contributed by atoms with E-state index in [1.807, 2.05) is 51.1 Å². The Morgan fingerprint density at radius 2 is 1.10 bits per heavy atom. The minimum Gasteiger partial charge on any atom is -0.214 e. The maximum Gasteiger partial charge on any atom is -0.172 e. The predicted molar refractivity (Wildman–Crippen MR) is 102 cm³/mol. The Balaban J connectivity index is -0.0000000217. The molecule has 0 spiro atoms. The molecule has 0 bridgehead atoms. The van der Waals surface area contributed by atoms with Crippen molar-refractivity contribution in [1.82, 2.24) is 0 Å². The molecule has 0 aliphatic carbocycles. The minimum absolute atomic E-state index is 0. The first-order valence-corrected chi connectivity index (χ1v) is 11.6. The van der Waals surface area contributed by atoms with Crippen LogP contribution in [-0.4, -0.2) is 15.1 Å². The molecule has 1 nitrogen and oxygen atoms in total. The number of nitrogens with one attached hydrogen (secondary N) is 1. The van der Waals surface area contributed by atoms with Crippen molar-refractivity contribution >= 4 is 28.1 Å². The molecule has 127 valence electrons. The Labute approximate surface area is 149 Å². The van der Waals surface area contributed by atoms with Crippen LogP contribution in [0.15, 0.2) is 30.3 Å². The first-order valence-electron chi connectivity index (χ1n) is 4.95. The molecule has 0 saturated carbocycles. The normalized spacial score (nSPS) is 6.60. The van der Waals surface area contributed by atoms with Crippen molar-refractivity contribution in [2.75, 3.05) is 0 Å². The Kier molecular flexibility index (Phi) is 78.7. The van der Waals surface area contributed by atoms with Crippen molar-refractivity contribution in [2.24, 2.45) is 0 Å². The molecular formula is C15H34Cl2NSiTi-6. The summed E-state index contributed by atoms with van der Waals surface area (Å²) < 4.78 is 0. The topological polar surface area (TPSA) is 23.8 Å². The van der Waals surface area contributed by atoms with E-state index in [0.29, 0.717) is 0 Å². The molecule has 1 N–H and O–H groups in total. The summed E-state index contributed by atoms with van der Waals surface area (Å²) in [5, 5.41) is 0. The smallest absolute Gasteiger partial charge is 0.172 e. The maximum atomic E-state index is 6.94. The summed E-state index contributed by atoms with van der Waals surface area (Å²) in [6.07, 6.45) is 0. The third-order valence-corrected chi connectivity index (χ3v) is 0.556. The van der Waals surface area contributed by atoms with E-state index in [2.05, 4.69) is 13.1 Å². The fourth-order valence-corrected chi connectivity index (χ4v) is 0.321. The molecule has 0 amide bonds. The van der Waals surface area contributed by atoms with Crippen LogP contribution in [0.5, 0.6) is 0 Å². The third-order valence-electron chi connectivity index (χ3n) is 0.556. The summed E-state index contributed by atoms with van der Waals surface area (Å²) in [7, 11) is 10.5. The van der Waals surface area contributed by atoms with Crippen LogP contribution in [0.25, 0.3) is 5.73 Å². The standard InChI is InChI=1S/C5H5.C4H10N.C2H7Si.4CH3.2ClH.Ti/c1-2-4-5-3-1;1-4(2,3)5;1-3-2;;;;;;;/h1-5H;5H,1-3H3;3H,1-2H3;4*1H3;2*1H;/q2*-1;;4*-1;;;+2/p-2. The molecule has 0 aliphatic rings. The predicted octanol–water partition coefficient (Wildman–Crippen LogP) is 6.94. The first-order chi connectivity index (χ1) is 7.33. The van der Waals surface area contributed by atoms with Crippen LogP contribution in [0.4, 0.5) is 0 Å². The van der Waals surface area contributed by atoms with Crippen molar-refractivity contribution in [3.63, 3.8) is 0 Å². The van der Waals surface area contributed by atoms with Crippen LogP contribution in [0.2, 0.25) is 13.1 Å². The van der Waals surface area contributed by atoms with E-state index < -0.39 is 17.0 Å². The number of halogens is 2. The number of hydrogen-bond acceptors (Lipinski definition) is 0.